The molecular formula is C12H17ClN2O. The van der Waals surface area contributed by atoms with Crippen LogP contribution in [0.1, 0.15) is 26.2 Å². The summed E-state index contributed by atoms with van der Waals surface area (Å²) in [7, 11) is 0. The molecule has 0 bridgehead atoms. The van der Waals surface area contributed by atoms with Gasteiger partial charge in [0.1, 0.15) is 0 Å². The Morgan fingerprint density at radius 1 is 1.56 bits per heavy atom. The summed E-state index contributed by atoms with van der Waals surface area (Å²) in [6, 6.07) is 4.28. The first-order valence-corrected chi connectivity index (χ1v) is 6.21. The molecule has 1 saturated carbocycles. The van der Waals surface area contributed by atoms with Crippen molar-refractivity contribution in [2.75, 3.05) is 11.9 Å². The predicted octanol–water partition coefficient (Wildman–Crippen LogP) is 3.05. The molecule has 1 N–H and O–H groups in total. The zero-order chi connectivity index (χ0) is 11.4. The number of pyridine rings is 1. The Balaban J connectivity index is 1.96. The quantitative estimate of drug-likeness (QED) is 0.804. The summed E-state index contributed by atoms with van der Waals surface area (Å²) in [5, 5.41) is 3.69. The molecule has 0 spiro atoms. The monoisotopic (exact) mass is 240 g/mol. The summed E-state index contributed by atoms with van der Waals surface area (Å²) in [6.45, 7) is 2.82. The molecule has 0 unspecified atom stereocenters. The van der Waals surface area contributed by atoms with Gasteiger partial charge in [-0.05, 0) is 31.4 Å². The van der Waals surface area contributed by atoms with E-state index >= 15 is 0 Å². The van der Waals surface area contributed by atoms with Crippen LogP contribution >= 0.6 is 11.6 Å². The van der Waals surface area contributed by atoms with Gasteiger partial charge in [0.25, 0.3) is 0 Å². The largest absolute Gasteiger partial charge is 0.490 e. The van der Waals surface area contributed by atoms with Gasteiger partial charge in [-0.1, -0.05) is 6.92 Å². The molecule has 1 heterocycles. The van der Waals surface area contributed by atoms with Crippen LogP contribution in [0.25, 0.3) is 0 Å². The predicted molar refractivity (Wildman–Crippen MR) is 66.3 cm³/mol. The van der Waals surface area contributed by atoms with Crippen molar-refractivity contribution in [3.8, 4) is 5.75 Å². The molecule has 3 nitrogen and oxygen atoms in total. The van der Waals surface area contributed by atoms with Crippen LogP contribution in [0.15, 0.2) is 18.3 Å². The summed E-state index contributed by atoms with van der Waals surface area (Å²) in [5.41, 5.74) is 0. The number of nitrogens with zero attached hydrogens (tertiary/aromatic N) is 1. The third kappa shape index (κ3) is 2.79. The topological polar surface area (TPSA) is 34.1 Å². The van der Waals surface area contributed by atoms with E-state index in [2.05, 4.69) is 17.2 Å². The van der Waals surface area contributed by atoms with Crippen molar-refractivity contribution in [1.82, 2.24) is 4.98 Å². The van der Waals surface area contributed by atoms with Crippen LogP contribution in [0, 0.1) is 0 Å². The van der Waals surface area contributed by atoms with E-state index in [9.17, 15) is 0 Å². The third-order valence-corrected chi connectivity index (χ3v) is 3.01. The number of hydrogen-bond donors (Lipinski definition) is 1. The van der Waals surface area contributed by atoms with Crippen molar-refractivity contribution in [2.45, 2.75) is 37.6 Å². The van der Waals surface area contributed by atoms with E-state index in [4.69, 9.17) is 16.3 Å². The Morgan fingerprint density at radius 3 is 3.06 bits per heavy atom. The van der Waals surface area contributed by atoms with E-state index in [0.717, 1.165) is 37.4 Å². The maximum Gasteiger partial charge on any atom is 0.168 e. The molecule has 0 aliphatic heterocycles. The highest BCUT2D eigenvalue weighted by Gasteiger charge is 2.27. The third-order valence-electron chi connectivity index (χ3n) is 2.65. The molecular weight excluding hydrogens is 224 g/mol. The van der Waals surface area contributed by atoms with Gasteiger partial charge in [-0.15, -0.1) is 11.6 Å². The van der Waals surface area contributed by atoms with E-state index in [1.165, 1.54) is 0 Å². The van der Waals surface area contributed by atoms with Crippen molar-refractivity contribution < 1.29 is 4.74 Å². The summed E-state index contributed by atoms with van der Waals surface area (Å²) in [4.78, 5) is 4.30. The van der Waals surface area contributed by atoms with Gasteiger partial charge in [-0.3, -0.25) is 0 Å². The Hall–Kier alpha value is -0.960. The van der Waals surface area contributed by atoms with Crippen LogP contribution < -0.4 is 10.1 Å². The van der Waals surface area contributed by atoms with Crippen molar-refractivity contribution >= 4 is 17.4 Å². The molecule has 4 heteroatoms. The lowest BCUT2D eigenvalue weighted by Gasteiger charge is -2.32. The molecule has 0 saturated heterocycles. The van der Waals surface area contributed by atoms with E-state index in [1.54, 1.807) is 6.20 Å². The number of rotatable bonds is 5. The van der Waals surface area contributed by atoms with Gasteiger partial charge in [-0.2, -0.15) is 0 Å². The number of alkyl halides is 1. The first kappa shape index (κ1) is 11.5. The second kappa shape index (κ2) is 5.39. The van der Waals surface area contributed by atoms with Gasteiger partial charge in [0.15, 0.2) is 11.6 Å². The highest BCUT2D eigenvalue weighted by atomic mass is 35.5. The number of nitrogens with one attached hydrogen (secondary N) is 1. The molecule has 1 aromatic rings. The van der Waals surface area contributed by atoms with E-state index in [0.29, 0.717) is 11.4 Å². The fourth-order valence-corrected chi connectivity index (χ4v) is 2.12. The minimum Gasteiger partial charge on any atom is -0.490 e. The normalized spacial score (nSPS) is 23.6. The smallest absolute Gasteiger partial charge is 0.168 e. The summed E-state index contributed by atoms with van der Waals surface area (Å²) >= 11 is 5.94. The first-order chi connectivity index (χ1) is 7.79. The van der Waals surface area contributed by atoms with Crippen LogP contribution in [0.3, 0.4) is 0 Å². The van der Waals surface area contributed by atoms with Crippen molar-refractivity contribution in [3.63, 3.8) is 0 Å². The molecule has 1 aromatic heterocycles. The number of halogens is 1. The Labute approximate surface area is 101 Å². The zero-order valence-electron chi connectivity index (χ0n) is 9.45. The second-order valence-electron chi connectivity index (χ2n) is 4.11. The van der Waals surface area contributed by atoms with E-state index in [1.807, 2.05) is 12.1 Å². The Morgan fingerprint density at radius 2 is 2.38 bits per heavy atom. The molecule has 16 heavy (non-hydrogen) atoms. The van der Waals surface area contributed by atoms with Gasteiger partial charge in [0, 0.05) is 17.6 Å². The molecule has 0 atom stereocenters. The van der Waals surface area contributed by atoms with E-state index in [-0.39, 0.29) is 0 Å². The molecule has 88 valence electrons. The van der Waals surface area contributed by atoms with Gasteiger partial charge >= 0.3 is 0 Å². The molecule has 1 fully saturated rings. The first-order valence-electron chi connectivity index (χ1n) is 5.78. The summed E-state index contributed by atoms with van der Waals surface area (Å²) in [5.74, 6) is 1.67. The van der Waals surface area contributed by atoms with Crippen LogP contribution in [-0.4, -0.2) is 23.0 Å². The average molecular weight is 241 g/mol. The van der Waals surface area contributed by atoms with Gasteiger partial charge in [-0.25, -0.2) is 4.98 Å². The van der Waals surface area contributed by atoms with Crippen molar-refractivity contribution in [2.24, 2.45) is 0 Å². The maximum absolute atomic E-state index is 5.94. The Bertz CT molecular complexity index is 340. The van der Waals surface area contributed by atoms with Crippen molar-refractivity contribution in [3.05, 3.63) is 18.3 Å². The molecule has 1 aliphatic carbocycles. The van der Waals surface area contributed by atoms with Crippen LogP contribution in [0.4, 0.5) is 5.82 Å². The standard InChI is InChI=1S/C12H17ClN2O/c1-2-6-16-11-4-3-5-14-12(11)15-10-7-9(13)8-10/h3-5,9-10H,2,6-8H2,1H3,(H,14,15). The highest BCUT2D eigenvalue weighted by Crippen LogP contribution is 2.30. The van der Waals surface area contributed by atoms with Crippen LogP contribution in [0.2, 0.25) is 0 Å². The molecule has 0 aromatic carbocycles. The summed E-state index contributed by atoms with van der Waals surface area (Å²) in [6.07, 6.45) is 4.79. The fourth-order valence-electron chi connectivity index (χ4n) is 1.69. The Kier molecular flexibility index (Phi) is 3.88. The highest BCUT2D eigenvalue weighted by molar-refractivity contribution is 6.21. The zero-order valence-corrected chi connectivity index (χ0v) is 10.2. The average Bonchev–Trinajstić information content (AvgIpc) is 2.26. The van der Waals surface area contributed by atoms with E-state index < -0.39 is 0 Å². The molecule has 2 rings (SSSR count). The van der Waals surface area contributed by atoms with Gasteiger partial charge in [0.05, 0.1) is 6.61 Å². The number of anilines is 1. The van der Waals surface area contributed by atoms with Gasteiger partial charge < -0.3 is 10.1 Å². The molecule has 1 aliphatic rings. The lowest BCUT2D eigenvalue weighted by molar-refractivity contribution is 0.316. The lowest BCUT2D eigenvalue weighted by atomic mass is 9.92. The minimum absolute atomic E-state index is 0.321. The number of ether oxygens (including phenoxy) is 1. The maximum atomic E-state index is 5.94. The van der Waals surface area contributed by atoms with Crippen LogP contribution in [0.5, 0.6) is 5.75 Å². The summed E-state index contributed by atoms with van der Waals surface area (Å²) < 4.78 is 5.62. The lowest BCUT2D eigenvalue weighted by Crippen LogP contribution is -2.36. The molecule has 0 amide bonds. The van der Waals surface area contributed by atoms with Crippen molar-refractivity contribution in [1.29, 1.82) is 0 Å². The SMILES string of the molecule is CCCOc1cccnc1NC1CC(Cl)C1. The number of hydrogen-bond acceptors (Lipinski definition) is 3. The minimum atomic E-state index is 0.321. The van der Waals surface area contributed by atoms with Crippen LogP contribution in [-0.2, 0) is 0 Å². The second-order valence-corrected chi connectivity index (χ2v) is 4.73. The van der Waals surface area contributed by atoms with Gasteiger partial charge in [0.2, 0.25) is 0 Å². The molecule has 0 radical (unpaired) electrons. The number of aromatic nitrogens is 1. The fraction of sp³-hybridized carbons (Fsp3) is 0.583.